The van der Waals surface area contributed by atoms with Crippen LogP contribution in [0.1, 0.15) is 17.3 Å². The highest BCUT2D eigenvalue weighted by atomic mass is 32.1. The molecule has 18 heavy (non-hydrogen) atoms. The van der Waals surface area contributed by atoms with Crippen LogP contribution in [0.5, 0.6) is 0 Å². The first kappa shape index (κ1) is 11.7. The van der Waals surface area contributed by atoms with Gasteiger partial charge in [-0.05, 0) is 18.4 Å². The lowest BCUT2D eigenvalue weighted by molar-refractivity contribution is -0.130. The zero-order valence-electron chi connectivity index (χ0n) is 10.3. The number of likely N-dealkylation sites (tertiary alicyclic amines) is 2. The quantitative estimate of drug-likeness (QED) is 0.808. The number of carbonyl (C=O) groups excluding carboxylic acids is 2. The third kappa shape index (κ3) is 1.73. The van der Waals surface area contributed by atoms with E-state index in [0.29, 0.717) is 12.5 Å². The average Bonchev–Trinajstić information content (AvgIpc) is 3.06. The lowest BCUT2D eigenvalue weighted by atomic mass is 10.0. The van der Waals surface area contributed by atoms with Crippen LogP contribution in [0.15, 0.2) is 16.8 Å². The van der Waals surface area contributed by atoms with Gasteiger partial charge in [0, 0.05) is 37.5 Å². The van der Waals surface area contributed by atoms with Gasteiger partial charge < -0.3 is 9.80 Å². The Kier molecular flexibility index (Phi) is 2.86. The largest absolute Gasteiger partial charge is 0.342 e. The second-order valence-electron chi connectivity index (χ2n) is 4.97. The summed E-state index contributed by atoms with van der Waals surface area (Å²) < 4.78 is 0. The molecule has 0 spiro atoms. The fraction of sp³-hybridized carbons (Fsp3) is 0.538. The molecule has 0 unspecified atom stereocenters. The van der Waals surface area contributed by atoms with Gasteiger partial charge in [-0.2, -0.15) is 11.3 Å². The van der Waals surface area contributed by atoms with Crippen LogP contribution < -0.4 is 0 Å². The normalized spacial score (nSPS) is 26.8. The van der Waals surface area contributed by atoms with E-state index in [1.165, 1.54) is 11.3 Å². The summed E-state index contributed by atoms with van der Waals surface area (Å²) in [5, 5.41) is 3.78. The SMILES string of the molecule is CCN1C[C@@H]2CN(C(=O)c3ccsc3)C[C@@H]2C1=O. The minimum atomic E-state index is 0.0348. The summed E-state index contributed by atoms with van der Waals surface area (Å²) >= 11 is 1.53. The van der Waals surface area contributed by atoms with Gasteiger partial charge in [-0.3, -0.25) is 9.59 Å². The van der Waals surface area contributed by atoms with Gasteiger partial charge in [-0.15, -0.1) is 0 Å². The summed E-state index contributed by atoms with van der Waals surface area (Å²) in [7, 11) is 0. The maximum absolute atomic E-state index is 12.2. The van der Waals surface area contributed by atoms with Gasteiger partial charge in [-0.25, -0.2) is 0 Å². The number of thiophene rings is 1. The molecule has 4 nitrogen and oxygen atoms in total. The van der Waals surface area contributed by atoms with Gasteiger partial charge in [-0.1, -0.05) is 0 Å². The number of hydrogen-bond acceptors (Lipinski definition) is 3. The van der Waals surface area contributed by atoms with Crippen molar-refractivity contribution in [2.75, 3.05) is 26.2 Å². The first-order valence-corrected chi connectivity index (χ1v) is 7.25. The van der Waals surface area contributed by atoms with E-state index in [0.717, 1.165) is 25.2 Å². The van der Waals surface area contributed by atoms with Gasteiger partial charge in [0.2, 0.25) is 5.91 Å². The zero-order valence-corrected chi connectivity index (χ0v) is 11.2. The number of nitrogens with zero attached hydrogens (tertiary/aromatic N) is 2. The molecule has 2 fully saturated rings. The van der Waals surface area contributed by atoms with Crippen LogP contribution in [0.2, 0.25) is 0 Å². The molecule has 0 bridgehead atoms. The van der Waals surface area contributed by atoms with Crippen molar-refractivity contribution in [3.05, 3.63) is 22.4 Å². The third-order valence-corrected chi connectivity index (χ3v) is 4.65. The molecular formula is C13H16N2O2S. The van der Waals surface area contributed by atoms with Gasteiger partial charge in [0.05, 0.1) is 11.5 Å². The summed E-state index contributed by atoms with van der Waals surface area (Å²) in [6.07, 6.45) is 0. The fourth-order valence-electron chi connectivity index (χ4n) is 2.96. The van der Waals surface area contributed by atoms with Crippen LogP contribution in [0, 0.1) is 11.8 Å². The molecule has 0 saturated carbocycles. The molecule has 2 aliphatic rings. The van der Waals surface area contributed by atoms with E-state index in [9.17, 15) is 9.59 Å². The van der Waals surface area contributed by atoms with Gasteiger partial charge in [0.25, 0.3) is 5.91 Å². The predicted molar refractivity (Wildman–Crippen MR) is 69.5 cm³/mol. The Bertz CT molecular complexity index is 471. The number of hydrogen-bond donors (Lipinski definition) is 0. The van der Waals surface area contributed by atoms with Crippen LogP contribution in [-0.4, -0.2) is 47.8 Å². The van der Waals surface area contributed by atoms with Gasteiger partial charge in [0.1, 0.15) is 0 Å². The molecule has 0 N–H and O–H groups in total. The molecular weight excluding hydrogens is 248 g/mol. The summed E-state index contributed by atoms with van der Waals surface area (Å²) in [5.41, 5.74) is 0.750. The second kappa shape index (κ2) is 4.39. The van der Waals surface area contributed by atoms with Crippen molar-refractivity contribution in [3.63, 3.8) is 0 Å². The van der Waals surface area contributed by atoms with E-state index in [4.69, 9.17) is 0 Å². The van der Waals surface area contributed by atoms with E-state index < -0.39 is 0 Å². The highest BCUT2D eigenvalue weighted by molar-refractivity contribution is 7.08. The van der Waals surface area contributed by atoms with Crippen LogP contribution in [0.25, 0.3) is 0 Å². The number of carbonyl (C=O) groups is 2. The number of fused-ring (bicyclic) bond motifs is 1. The van der Waals surface area contributed by atoms with Crippen molar-refractivity contribution < 1.29 is 9.59 Å². The first-order valence-electron chi connectivity index (χ1n) is 6.31. The standard InChI is InChI=1S/C13H16N2O2S/c1-2-14-5-10-6-15(7-11(10)13(14)17)12(16)9-3-4-18-8-9/h3-4,8,10-11H,2,5-7H2,1H3/t10-,11+/m1/s1. The Morgan fingerprint density at radius 2 is 2.28 bits per heavy atom. The predicted octanol–water partition coefficient (Wildman–Crippen LogP) is 1.30. The fourth-order valence-corrected chi connectivity index (χ4v) is 3.59. The highest BCUT2D eigenvalue weighted by Crippen LogP contribution is 2.32. The van der Waals surface area contributed by atoms with Crippen LogP contribution in [-0.2, 0) is 4.79 Å². The minimum absolute atomic E-state index is 0.0348. The maximum Gasteiger partial charge on any atom is 0.254 e. The molecule has 0 radical (unpaired) electrons. The molecule has 96 valence electrons. The smallest absolute Gasteiger partial charge is 0.254 e. The zero-order chi connectivity index (χ0) is 12.7. The van der Waals surface area contributed by atoms with E-state index in [2.05, 4.69) is 0 Å². The van der Waals surface area contributed by atoms with Crippen molar-refractivity contribution in [2.45, 2.75) is 6.92 Å². The first-order chi connectivity index (χ1) is 8.70. The molecule has 0 aromatic carbocycles. The van der Waals surface area contributed by atoms with Crippen LogP contribution >= 0.6 is 11.3 Å². The molecule has 1 aromatic heterocycles. The Morgan fingerprint density at radius 1 is 1.44 bits per heavy atom. The minimum Gasteiger partial charge on any atom is -0.342 e. The summed E-state index contributed by atoms with van der Waals surface area (Å²) in [6.45, 7) is 4.92. The van der Waals surface area contributed by atoms with Crippen molar-refractivity contribution >= 4 is 23.2 Å². The molecule has 1 aromatic rings. The number of amides is 2. The third-order valence-electron chi connectivity index (χ3n) is 3.96. The van der Waals surface area contributed by atoms with Gasteiger partial charge in [0.15, 0.2) is 0 Å². The van der Waals surface area contributed by atoms with Crippen LogP contribution in [0.3, 0.4) is 0 Å². The topological polar surface area (TPSA) is 40.6 Å². The Balaban J connectivity index is 1.71. The van der Waals surface area contributed by atoms with E-state index >= 15 is 0 Å². The van der Waals surface area contributed by atoms with Crippen molar-refractivity contribution in [3.8, 4) is 0 Å². The maximum atomic E-state index is 12.2. The lowest BCUT2D eigenvalue weighted by Gasteiger charge is -2.20. The van der Waals surface area contributed by atoms with Crippen molar-refractivity contribution in [1.82, 2.24) is 9.80 Å². The van der Waals surface area contributed by atoms with Gasteiger partial charge >= 0.3 is 0 Å². The monoisotopic (exact) mass is 264 g/mol. The van der Waals surface area contributed by atoms with Crippen molar-refractivity contribution in [2.24, 2.45) is 11.8 Å². The van der Waals surface area contributed by atoms with Crippen LogP contribution in [0.4, 0.5) is 0 Å². The Morgan fingerprint density at radius 3 is 2.89 bits per heavy atom. The molecule has 3 rings (SSSR count). The number of rotatable bonds is 2. The molecule has 2 saturated heterocycles. The second-order valence-corrected chi connectivity index (χ2v) is 5.75. The summed E-state index contributed by atoms with van der Waals surface area (Å²) in [5.74, 6) is 0.664. The summed E-state index contributed by atoms with van der Waals surface area (Å²) in [4.78, 5) is 28.0. The van der Waals surface area contributed by atoms with E-state index in [-0.39, 0.29) is 17.7 Å². The summed E-state index contributed by atoms with van der Waals surface area (Å²) in [6, 6.07) is 1.85. The molecule has 2 aliphatic heterocycles. The lowest BCUT2D eigenvalue weighted by Crippen LogP contribution is -2.35. The van der Waals surface area contributed by atoms with Crippen molar-refractivity contribution in [1.29, 1.82) is 0 Å². The average molecular weight is 264 g/mol. The van der Waals surface area contributed by atoms with E-state index in [1.807, 2.05) is 33.6 Å². The molecule has 0 aliphatic carbocycles. The highest BCUT2D eigenvalue weighted by Gasteiger charge is 2.46. The molecule has 3 heterocycles. The molecule has 2 atom stereocenters. The Hall–Kier alpha value is -1.36. The van der Waals surface area contributed by atoms with E-state index in [1.54, 1.807) is 0 Å². The molecule has 2 amide bonds. The molecule has 5 heteroatoms. The Labute approximate surface area is 110 Å².